The summed E-state index contributed by atoms with van der Waals surface area (Å²) in [6.45, 7) is 1.91. The van der Waals surface area contributed by atoms with Crippen molar-refractivity contribution in [2.45, 2.75) is 13.0 Å². The van der Waals surface area contributed by atoms with E-state index < -0.39 is 6.10 Å². The molecule has 0 amide bonds. The van der Waals surface area contributed by atoms with Crippen LogP contribution in [0.25, 0.3) is 0 Å². The highest BCUT2D eigenvalue weighted by molar-refractivity contribution is 5.26. The van der Waals surface area contributed by atoms with Crippen LogP contribution in [0.2, 0.25) is 0 Å². The van der Waals surface area contributed by atoms with Crippen LogP contribution in [0.3, 0.4) is 0 Å². The zero-order valence-electron chi connectivity index (χ0n) is 7.32. The minimum atomic E-state index is -0.666. The van der Waals surface area contributed by atoms with Gasteiger partial charge in [0.05, 0.1) is 6.26 Å². The Hall–Kier alpha value is -1.48. The van der Waals surface area contributed by atoms with Gasteiger partial charge >= 0.3 is 0 Å². The maximum absolute atomic E-state index is 9.84. The van der Waals surface area contributed by atoms with E-state index in [-0.39, 0.29) is 0 Å². The predicted molar refractivity (Wildman–Crippen MR) is 48.3 cm³/mol. The number of aryl methyl sites for hydroxylation is 1. The Morgan fingerprint density at radius 1 is 1.46 bits per heavy atom. The number of aromatic amines is 1. The topological polar surface area (TPSA) is 49.2 Å². The van der Waals surface area contributed by atoms with Crippen molar-refractivity contribution in [2.75, 3.05) is 0 Å². The molecule has 68 valence electrons. The lowest BCUT2D eigenvalue weighted by Crippen LogP contribution is -1.97. The summed E-state index contributed by atoms with van der Waals surface area (Å²) in [5.74, 6) is 0.611. The van der Waals surface area contributed by atoms with Crippen molar-refractivity contribution in [3.05, 3.63) is 47.7 Å². The Morgan fingerprint density at radius 2 is 2.31 bits per heavy atom. The SMILES string of the molecule is Cc1ccoc1C(O)c1cc[nH]c1. The number of hydrogen-bond acceptors (Lipinski definition) is 2. The molecule has 0 saturated carbocycles. The molecule has 3 nitrogen and oxygen atoms in total. The van der Waals surface area contributed by atoms with Crippen LogP contribution in [0.1, 0.15) is 23.0 Å². The molecule has 0 radical (unpaired) electrons. The van der Waals surface area contributed by atoms with Gasteiger partial charge in [-0.25, -0.2) is 0 Å². The number of hydrogen-bond donors (Lipinski definition) is 2. The van der Waals surface area contributed by atoms with Gasteiger partial charge in [0.1, 0.15) is 11.9 Å². The summed E-state index contributed by atoms with van der Waals surface area (Å²) in [6, 6.07) is 3.66. The molecule has 0 bridgehead atoms. The summed E-state index contributed by atoms with van der Waals surface area (Å²) in [7, 11) is 0. The van der Waals surface area contributed by atoms with Crippen molar-refractivity contribution in [2.24, 2.45) is 0 Å². The van der Waals surface area contributed by atoms with E-state index in [9.17, 15) is 5.11 Å². The lowest BCUT2D eigenvalue weighted by atomic mass is 10.1. The fraction of sp³-hybridized carbons (Fsp3) is 0.200. The van der Waals surface area contributed by atoms with E-state index in [4.69, 9.17) is 4.42 Å². The lowest BCUT2D eigenvalue weighted by molar-refractivity contribution is 0.188. The molecule has 2 heterocycles. The molecule has 0 spiro atoms. The molecule has 3 heteroatoms. The average molecular weight is 177 g/mol. The number of rotatable bonds is 2. The van der Waals surface area contributed by atoms with Crippen molar-refractivity contribution >= 4 is 0 Å². The Morgan fingerprint density at radius 3 is 2.85 bits per heavy atom. The minimum absolute atomic E-state index is 0.611. The van der Waals surface area contributed by atoms with Crippen molar-refractivity contribution < 1.29 is 9.52 Å². The molecule has 2 aromatic heterocycles. The van der Waals surface area contributed by atoms with Crippen LogP contribution in [0.4, 0.5) is 0 Å². The third-order valence-corrected chi connectivity index (χ3v) is 2.09. The van der Waals surface area contributed by atoms with Gasteiger partial charge in [-0.3, -0.25) is 0 Å². The zero-order chi connectivity index (χ0) is 9.26. The molecule has 0 saturated heterocycles. The maximum Gasteiger partial charge on any atom is 0.139 e. The first-order valence-corrected chi connectivity index (χ1v) is 4.14. The summed E-state index contributed by atoms with van der Waals surface area (Å²) >= 11 is 0. The number of furan rings is 1. The summed E-state index contributed by atoms with van der Waals surface area (Å²) < 4.78 is 5.19. The fourth-order valence-corrected chi connectivity index (χ4v) is 1.32. The molecule has 0 fully saturated rings. The second-order valence-corrected chi connectivity index (χ2v) is 3.01. The molecule has 0 aromatic carbocycles. The van der Waals surface area contributed by atoms with Crippen molar-refractivity contribution in [3.63, 3.8) is 0 Å². The summed E-state index contributed by atoms with van der Waals surface area (Å²) in [6.07, 6.45) is 4.45. The fourth-order valence-electron chi connectivity index (χ4n) is 1.32. The number of nitrogens with one attached hydrogen (secondary N) is 1. The standard InChI is InChI=1S/C10H11NO2/c1-7-3-5-13-10(7)9(12)8-2-4-11-6-8/h2-6,9,11-12H,1H3. The molecule has 1 unspecified atom stereocenters. The summed E-state index contributed by atoms with van der Waals surface area (Å²) in [5, 5.41) is 9.84. The number of aliphatic hydroxyl groups is 1. The molecule has 2 aromatic rings. The van der Waals surface area contributed by atoms with Gasteiger partial charge in [0.15, 0.2) is 0 Å². The van der Waals surface area contributed by atoms with E-state index in [1.54, 1.807) is 18.7 Å². The molecule has 0 aliphatic carbocycles. The molecule has 0 aliphatic rings. The van der Waals surface area contributed by atoms with Crippen molar-refractivity contribution in [3.8, 4) is 0 Å². The van der Waals surface area contributed by atoms with Crippen LogP contribution in [0, 0.1) is 6.92 Å². The monoisotopic (exact) mass is 177 g/mol. The summed E-state index contributed by atoms with van der Waals surface area (Å²) in [4.78, 5) is 2.89. The van der Waals surface area contributed by atoms with Crippen molar-refractivity contribution in [1.82, 2.24) is 4.98 Å². The Kier molecular flexibility index (Phi) is 1.94. The van der Waals surface area contributed by atoms with Crippen molar-refractivity contribution in [1.29, 1.82) is 0 Å². The van der Waals surface area contributed by atoms with Crippen LogP contribution < -0.4 is 0 Å². The highest BCUT2D eigenvalue weighted by atomic mass is 16.4. The first kappa shape index (κ1) is 8.13. The van der Waals surface area contributed by atoms with Gasteiger partial charge in [-0.2, -0.15) is 0 Å². The smallest absolute Gasteiger partial charge is 0.139 e. The number of aromatic nitrogens is 1. The largest absolute Gasteiger partial charge is 0.466 e. The lowest BCUT2D eigenvalue weighted by Gasteiger charge is -2.05. The Labute approximate surface area is 76.0 Å². The second-order valence-electron chi connectivity index (χ2n) is 3.01. The van der Waals surface area contributed by atoms with Gasteiger partial charge in [-0.05, 0) is 24.6 Å². The molecule has 2 N–H and O–H groups in total. The Balaban J connectivity index is 2.33. The van der Waals surface area contributed by atoms with E-state index in [0.29, 0.717) is 5.76 Å². The molecule has 1 atom stereocenters. The quantitative estimate of drug-likeness (QED) is 0.737. The van der Waals surface area contributed by atoms with E-state index in [1.807, 2.05) is 19.1 Å². The second kappa shape index (κ2) is 3.11. The van der Waals surface area contributed by atoms with E-state index in [1.165, 1.54) is 0 Å². The first-order valence-electron chi connectivity index (χ1n) is 4.14. The summed E-state index contributed by atoms with van der Waals surface area (Å²) in [5.41, 5.74) is 1.78. The zero-order valence-corrected chi connectivity index (χ0v) is 7.32. The predicted octanol–water partition coefficient (Wildman–Crippen LogP) is 2.00. The van der Waals surface area contributed by atoms with Gasteiger partial charge in [0, 0.05) is 18.0 Å². The third-order valence-electron chi connectivity index (χ3n) is 2.09. The van der Waals surface area contributed by atoms with Gasteiger partial charge < -0.3 is 14.5 Å². The van der Waals surface area contributed by atoms with Gasteiger partial charge in [-0.1, -0.05) is 0 Å². The molecular formula is C10H11NO2. The highest BCUT2D eigenvalue weighted by Gasteiger charge is 2.15. The van der Waals surface area contributed by atoms with Crippen LogP contribution in [-0.2, 0) is 0 Å². The maximum atomic E-state index is 9.84. The van der Waals surface area contributed by atoms with Gasteiger partial charge in [0.2, 0.25) is 0 Å². The highest BCUT2D eigenvalue weighted by Crippen LogP contribution is 2.24. The number of aliphatic hydroxyl groups excluding tert-OH is 1. The molecular weight excluding hydrogens is 166 g/mol. The molecule has 13 heavy (non-hydrogen) atoms. The van der Waals surface area contributed by atoms with Crippen LogP contribution >= 0.6 is 0 Å². The molecule has 2 rings (SSSR count). The van der Waals surface area contributed by atoms with E-state index >= 15 is 0 Å². The minimum Gasteiger partial charge on any atom is -0.466 e. The van der Waals surface area contributed by atoms with Gasteiger partial charge in [0.25, 0.3) is 0 Å². The van der Waals surface area contributed by atoms with E-state index in [2.05, 4.69) is 4.98 Å². The molecule has 0 aliphatic heterocycles. The Bertz CT molecular complexity index is 375. The van der Waals surface area contributed by atoms with E-state index in [0.717, 1.165) is 11.1 Å². The first-order chi connectivity index (χ1) is 6.29. The normalized spacial score (nSPS) is 13.1. The van der Waals surface area contributed by atoms with Crippen LogP contribution in [0.5, 0.6) is 0 Å². The third kappa shape index (κ3) is 1.38. The average Bonchev–Trinajstić information content (AvgIpc) is 2.72. The van der Waals surface area contributed by atoms with Gasteiger partial charge in [-0.15, -0.1) is 0 Å². The number of H-pyrrole nitrogens is 1. The van der Waals surface area contributed by atoms with Crippen LogP contribution in [-0.4, -0.2) is 10.1 Å². The van der Waals surface area contributed by atoms with Crippen LogP contribution in [0.15, 0.2) is 35.2 Å².